The van der Waals surface area contributed by atoms with Gasteiger partial charge in [0, 0.05) is 19.1 Å². The average Bonchev–Trinajstić information content (AvgIpc) is 3.06. The van der Waals surface area contributed by atoms with Crippen LogP contribution < -0.4 is 5.32 Å². The first-order valence-corrected chi connectivity index (χ1v) is 5.67. The molecule has 1 N–H and O–H groups in total. The molecule has 1 saturated carbocycles. The molecule has 0 spiro atoms. The zero-order valence-corrected chi connectivity index (χ0v) is 9.84. The number of nitrogens with one attached hydrogen (secondary N) is 1. The van der Waals surface area contributed by atoms with Crippen LogP contribution in [0.2, 0.25) is 5.28 Å². The smallest absolute Gasteiger partial charge is 0.224 e. The highest BCUT2D eigenvalue weighted by Gasteiger charge is 2.25. The van der Waals surface area contributed by atoms with Crippen molar-refractivity contribution in [2.45, 2.75) is 18.9 Å². The minimum atomic E-state index is -0.474. The van der Waals surface area contributed by atoms with E-state index in [2.05, 4.69) is 27.2 Å². The van der Waals surface area contributed by atoms with Gasteiger partial charge in [-0.25, -0.2) is 9.37 Å². The van der Waals surface area contributed by atoms with Crippen LogP contribution in [-0.4, -0.2) is 41.0 Å². The molecule has 6 heteroatoms. The summed E-state index contributed by atoms with van der Waals surface area (Å²) in [7, 11) is 2.07. The summed E-state index contributed by atoms with van der Waals surface area (Å²) in [6, 6.07) is 0.709. The Kier molecular flexibility index (Phi) is 3.56. The van der Waals surface area contributed by atoms with Gasteiger partial charge in [0.2, 0.25) is 5.28 Å². The maximum absolute atomic E-state index is 13.2. The lowest BCUT2D eigenvalue weighted by atomic mass is 10.4. The van der Waals surface area contributed by atoms with Gasteiger partial charge in [-0.15, -0.1) is 0 Å². The van der Waals surface area contributed by atoms with Gasteiger partial charge in [-0.3, -0.25) is 0 Å². The summed E-state index contributed by atoms with van der Waals surface area (Å²) < 4.78 is 13.2. The molecule has 0 atom stereocenters. The molecule has 88 valence electrons. The Morgan fingerprint density at radius 2 is 2.38 bits per heavy atom. The monoisotopic (exact) mass is 244 g/mol. The SMILES string of the molecule is CN(CCNc1nc(Cl)ncc1F)C1CC1. The van der Waals surface area contributed by atoms with Gasteiger partial charge in [-0.05, 0) is 31.5 Å². The first kappa shape index (κ1) is 11.5. The van der Waals surface area contributed by atoms with E-state index in [1.807, 2.05) is 0 Å². The Morgan fingerprint density at radius 3 is 3.06 bits per heavy atom. The third-order valence-corrected chi connectivity index (χ3v) is 2.82. The van der Waals surface area contributed by atoms with Gasteiger partial charge in [0.05, 0.1) is 6.20 Å². The van der Waals surface area contributed by atoms with Crippen molar-refractivity contribution in [2.24, 2.45) is 0 Å². The van der Waals surface area contributed by atoms with Crippen molar-refractivity contribution in [3.63, 3.8) is 0 Å². The number of likely N-dealkylation sites (N-methyl/N-ethyl adjacent to an activating group) is 1. The van der Waals surface area contributed by atoms with Crippen molar-refractivity contribution in [2.75, 3.05) is 25.5 Å². The molecule has 1 aromatic rings. The van der Waals surface area contributed by atoms with Gasteiger partial charge in [-0.1, -0.05) is 0 Å². The predicted molar refractivity (Wildman–Crippen MR) is 61.1 cm³/mol. The summed E-state index contributed by atoms with van der Waals surface area (Å²) >= 11 is 5.58. The predicted octanol–water partition coefficient (Wildman–Crippen LogP) is 1.78. The Hall–Kier alpha value is -0.940. The van der Waals surface area contributed by atoms with Crippen molar-refractivity contribution in [3.8, 4) is 0 Å². The molecular weight excluding hydrogens is 231 g/mol. The molecule has 4 nitrogen and oxygen atoms in total. The van der Waals surface area contributed by atoms with Gasteiger partial charge in [0.15, 0.2) is 11.6 Å². The largest absolute Gasteiger partial charge is 0.366 e. The lowest BCUT2D eigenvalue weighted by Crippen LogP contribution is -2.27. The third kappa shape index (κ3) is 3.02. The fourth-order valence-corrected chi connectivity index (χ4v) is 1.65. The Labute approximate surface area is 98.8 Å². The second-order valence-electron chi connectivity index (χ2n) is 3.97. The molecule has 1 fully saturated rings. The standard InChI is InChI=1S/C10H14ClFN4/c1-16(7-2-3-7)5-4-13-9-8(12)6-14-10(11)15-9/h6-7H,2-5H2,1H3,(H,13,14,15). The summed E-state index contributed by atoms with van der Waals surface area (Å²) in [5.41, 5.74) is 0. The van der Waals surface area contributed by atoms with Crippen molar-refractivity contribution < 1.29 is 4.39 Å². The zero-order valence-electron chi connectivity index (χ0n) is 9.08. The normalized spacial score (nSPS) is 15.5. The van der Waals surface area contributed by atoms with Crippen LogP contribution in [0.3, 0.4) is 0 Å². The zero-order chi connectivity index (χ0) is 11.5. The number of rotatable bonds is 5. The lowest BCUT2D eigenvalue weighted by Gasteiger charge is -2.15. The van der Waals surface area contributed by atoms with E-state index in [9.17, 15) is 4.39 Å². The lowest BCUT2D eigenvalue weighted by molar-refractivity contribution is 0.337. The Balaban J connectivity index is 1.81. The molecule has 0 radical (unpaired) electrons. The van der Waals surface area contributed by atoms with Gasteiger partial charge in [0.1, 0.15) is 0 Å². The Morgan fingerprint density at radius 1 is 1.62 bits per heavy atom. The molecule has 1 heterocycles. The fraction of sp³-hybridized carbons (Fsp3) is 0.600. The van der Waals surface area contributed by atoms with Crippen molar-refractivity contribution >= 4 is 17.4 Å². The van der Waals surface area contributed by atoms with Gasteiger partial charge >= 0.3 is 0 Å². The molecule has 1 aromatic heterocycles. The maximum Gasteiger partial charge on any atom is 0.224 e. The second kappa shape index (κ2) is 4.93. The molecule has 0 unspecified atom stereocenters. The highest BCUT2D eigenvalue weighted by molar-refractivity contribution is 6.28. The molecule has 1 aliphatic carbocycles. The minimum Gasteiger partial charge on any atom is -0.366 e. The average molecular weight is 245 g/mol. The molecule has 2 rings (SSSR count). The topological polar surface area (TPSA) is 41.0 Å². The summed E-state index contributed by atoms with van der Waals surface area (Å²) in [5.74, 6) is -0.303. The minimum absolute atomic E-state index is 0.0550. The second-order valence-corrected chi connectivity index (χ2v) is 4.31. The van der Waals surface area contributed by atoms with Crippen LogP contribution in [0.1, 0.15) is 12.8 Å². The number of halogens is 2. The summed E-state index contributed by atoms with van der Waals surface area (Å²) in [6.45, 7) is 1.52. The van der Waals surface area contributed by atoms with Crippen LogP contribution in [0.25, 0.3) is 0 Å². The van der Waals surface area contributed by atoms with Crippen molar-refractivity contribution in [3.05, 3.63) is 17.3 Å². The number of nitrogens with zero attached hydrogens (tertiary/aromatic N) is 3. The van der Waals surface area contributed by atoms with Gasteiger partial charge in [-0.2, -0.15) is 4.98 Å². The Bertz CT molecular complexity index is 370. The molecule has 1 aliphatic rings. The van der Waals surface area contributed by atoms with Crippen LogP contribution in [0.15, 0.2) is 6.20 Å². The van der Waals surface area contributed by atoms with E-state index in [0.29, 0.717) is 12.6 Å². The molecular formula is C10H14ClFN4. The van der Waals surface area contributed by atoms with E-state index in [4.69, 9.17) is 11.6 Å². The van der Waals surface area contributed by atoms with E-state index in [-0.39, 0.29) is 11.1 Å². The molecule has 16 heavy (non-hydrogen) atoms. The van der Waals surface area contributed by atoms with E-state index in [0.717, 1.165) is 12.7 Å². The van der Waals surface area contributed by atoms with E-state index >= 15 is 0 Å². The summed E-state index contributed by atoms with van der Waals surface area (Å²) in [6.07, 6.45) is 3.61. The van der Waals surface area contributed by atoms with Crippen LogP contribution in [0, 0.1) is 5.82 Å². The highest BCUT2D eigenvalue weighted by Crippen LogP contribution is 2.24. The maximum atomic E-state index is 13.2. The van der Waals surface area contributed by atoms with Crippen LogP contribution in [0.4, 0.5) is 10.2 Å². The van der Waals surface area contributed by atoms with E-state index in [1.54, 1.807) is 0 Å². The fourth-order valence-electron chi connectivity index (χ4n) is 1.52. The first-order valence-electron chi connectivity index (χ1n) is 5.29. The number of anilines is 1. The van der Waals surface area contributed by atoms with Gasteiger partial charge in [0.25, 0.3) is 0 Å². The summed E-state index contributed by atoms with van der Waals surface area (Å²) in [4.78, 5) is 9.59. The quantitative estimate of drug-likeness (QED) is 0.802. The molecule has 0 aromatic carbocycles. The molecule has 0 saturated heterocycles. The molecule has 0 amide bonds. The molecule has 0 aliphatic heterocycles. The number of hydrogen-bond donors (Lipinski definition) is 1. The highest BCUT2D eigenvalue weighted by atomic mass is 35.5. The van der Waals surface area contributed by atoms with Crippen LogP contribution in [-0.2, 0) is 0 Å². The van der Waals surface area contributed by atoms with Crippen molar-refractivity contribution in [1.29, 1.82) is 0 Å². The van der Waals surface area contributed by atoms with Gasteiger partial charge < -0.3 is 10.2 Å². The number of aromatic nitrogens is 2. The third-order valence-electron chi connectivity index (χ3n) is 2.64. The van der Waals surface area contributed by atoms with E-state index in [1.165, 1.54) is 12.8 Å². The summed E-state index contributed by atoms with van der Waals surface area (Å²) in [5, 5.41) is 2.97. The van der Waals surface area contributed by atoms with E-state index < -0.39 is 5.82 Å². The van der Waals surface area contributed by atoms with Crippen LogP contribution >= 0.6 is 11.6 Å². The molecule has 0 bridgehead atoms. The first-order chi connectivity index (χ1) is 7.66. The van der Waals surface area contributed by atoms with Crippen molar-refractivity contribution in [1.82, 2.24) is 14.9 Å². The van der Waals surface area contributed by atoms with Crippen LogP contribution in [0.5, 0.6) is 0 Å². The number of hydrogen-bond acceptors (Lipinski definition) is 4.